The maximum absolute atomic E-state index is 5.03. The van der Waals surface area contributed by atoms with Crippen molar-refractivity contribution in [3.8, 4) is 0 Å². The Morgan fingerprint density at radius 2 is 2.00 bits per heavy atom. The van der Waals surface area contributed by atoms with E-state index in [2.05, 4.69) is 22.1 Å². The highest BCUT2D eigenvalue weighted by molar-refractivity contribution is 7.71. The first-order valence-electron chi connectivity index (χ1n) is 3.94. The van der Waals surface area contributed by atoms with Gasteiger partial charge in [0.1, 0.15) is 4.83 Å². The Bertz CT molecular complexity index is 629. The molecular formula is C9H6N2S2. The molecule has 0 bridgehead atoms. The number of aromatic nitrogens is 2. The van der Waals surface area contributed by atoms with Gasteiger partial charge >= 0.3 is 0 Å². The molecule has 3 rings (SSSR count). The summed E-state index contributed by atoms with van der Waals surface area (Å²) in [4.78, 5) is 7.41. The van der Waals surface area contributed by atoms with Crippen LogP contribution in [-0.2, 0) is 0 Å². The summed E-state index contributed by atoms with van der Waals surface area (Å²) in [7, 11) is 0. The van der Waals surface area contributed by atoms with Gasteiger partial charge in [0.15, 0.2) is 4.77 Å². The molecule has 4 heteroatoms. The highest BCUT2D eigenvalue weighted by atomic mass is 32.1. The third-order valence-corrected chi connectivity index (χ3v) is 3.35. The molecule has 0 saturated heterocycles. The minimum Gasteiger partial charge on any atom is -0.330 e. The fraction of sp³-hybridized carbons (Fsp3) is 0. The highest BCUT2D eigenvalue weighted by Gasteiger charge is 2.04. The SMILES string of the molecule is S=c1[nH]c2sc3ccccc3c2[nH]1. The molecule has 0 fully saturated rings. The van der Waals surface area contributed by atoms with E-state index in [0.717, 1.165) is 10.3 Å². The monoisotopic (exact) mass is 206 g/mol. The lowest BCUT2D eigenvalue weighted by atomic mass is 10.2. The van der Waals surface area contributed by atoms with Crippen LogP contribution in [-0.4, -0.2) is 9.97 Å². The summed E-state index contributed by atoms with van der Waals surface area (Å²) in [5.41, 5.74) is 1.13. The lowest BCUT2D eigenvalue weighted by Crippen LogP contribution is -1.64. The van der Waals surface area contributed by atoms with Gasteiger partial charge in [-0.05, 0) is 18.3 Å². The minimum atomic E-state index is 0.701. The number of fused-ring (bicyclic) bond motifs is 3. The van der Waals surface area contributed by atoms with Gasteiger partial charge < -0.3 is 9.97 Å². The van der Waals surface area contributed by atoms with E-state index in [1.165, 1.54) is 10.1 Å². The molecule has 2 aromatic heterocycles. The quantitative estimate of drug-likeness (QED) is 0.542. The van der Waals surface area contributed by atoms with Crippen molar-refractivity contribution in [1.82, 2.24) is 9.97 Å². The van der Waals surface area contributed by atoms with Crippen LogP contribution in [0.2, 0.25) is 0 Å². The van der Waals surface area contributed by atoms with E-state index < -0.39 is 0 Å². The number of rotatable bonds is 0. The number of hydrogen-bond acceptors (Lipinski definition) is 2. The van der Waals surface area contributed by atoms with Crippen LogP contribution in [0.4, 0.5) is 0 Å². The van der Waals surface area contributed by atoms with Crippen LogP contribution < -0.4 is 0 Å². The Kier molecular flexibility index (Phi) is 1.36. The van der Waals surface area contributed by atoms with Crippen LogP contribution in [0.5, 0.6) is 0 Å². The molecule has 0 radical (unpaired) electrons. The lowest BCUT2D eigenvalue weighted by Gasteiger charge is -1.85. The fourth-order valence-corrected chi connectivity index (χ4v) is 2.84. The van der Waals surface area contributed by atoms with Crippen LogP contribution in [0.3, 0.4) is 0 Å². The van der Waals surface area contributed by atoms with Gasteiger partial charge in [-0.25, -0.2) is 0 Å². The number of nitrogens with one attached hydrogen (secondary N) is 2. The second-order valence-electron chi connectivity index (χ2n) is 2.88. The van der Waals surface area contributed by atoms with E-state index >= 15 is 0 Å². The molecule has 3 aromatic rings. The Morgan fingerprint density at radius 1 is 1.15 bits per heavy atom. The highest BCUT2D eigenvalue weighted by Crippen LogP contribution is 2.30. The van der Waals surface area contributed by atoms with Crippen molar-refractivity contribution in [1.29, 1.82) is 0 Å². The standard InChI is InChI=1S/C9H6N2S2/c12-9-10-7-5-3-1-2-4-6(5)13-8(7)11-9/h1-4H,(H2,10,11,12). The van der Waals surface area contributed by atoms with E-state index in [9.17, 15) is 0 Å². The Hall–Kier alpha value is -1.13. The molecule has 0 atom stereocenters. The predicted molar refractivity (Wildman–Crippen MR) is 58.9 cm³/mol. The summed E-state index contributed by atoms with van der Waals surface area (Å²) in [6.07, 6.45) is 0. The van der Waals surface area contributed by atoms with Crippen molar-refractivity contribution in [2.24, 2.45) is 0 Å². The average molecular weight is 206 g/mol. The van der Waals surface area contributed by atoms with E-state index in [4.69, 9.17) is 12.2 Å². The van der Waals surface area contributed by atoms with Crippen LogP contribution in [0.15, 0.2) is 24.3 Å². The number of aromatic amines is 2. The third-order valence-electron chi connectivity index (χ3n) is 2.06. The molecule has 64 valence electrons. The van der Waals surface area contributed by atoms with Crippen molar-refractivity contribution in [3.63, 3.8) is 0 Å². The summed E-state index contributed by atoms with van der Waals surface area (Å²) in [5, 5.41) is 1.25. The third kappa shape index (κ3) is 0.959. The first-order chi connectivity index (χ1) is 6.34. The number of hydrogen-bond donors (Lipinski definition) is 2. The summed E-state index contributed by atoms with van der Waals surface area (Å²) in [6.45, 7) is 0. The summed E-state index contributed by atoms with van der Waals surface area (Å²) in [6, 6.07) is 8.31. The zero-order chi connectivity index (χ0) is 8.84. The Morgan fingerprint density at radius 3 is 2.92 bits per heavy atom. The van der Waals surface area contributed by atoms with Crippen LogP contribution in [0.25, 0.3) is 20.4 Å². The maximum Gasteiger partial charge on any atom is 0.176 e. The van der Waals surface area contributed by atoms with Gasteiger partial charge in [-0.15, -0.1) is 11.3 Å². The molecule has 2 N–H and O–H groups in total. The van der Waals surface area contributed by atoms with Crippen molar-refractivity contribution < 1.29 is 0 Å². The van der Waals surface area contributed by atoms with Crippen LogP contribution in [0, 0.1) is 4.77 Å². The zero-order valence-corrected chi connectivity index (χ0v) is 8.26. The van der Waals surface area contributed by atoms with Crippen LogP contribution in [0.1, 0.15) is 0 Å². The molecule has 2 nitrogen and oxygen atoms in total. The number of H-pyrrole nitrogens is 2. The van der Waals surface area contributed by atoms with E-state index in [1.54, 1.807) is 11.3 Å². The predicted octanol–water partition coefficient (Wildman–Crippen LogP) is 3.44. The molecule has 0 aliphatic carbocycles. The average Bonchev–Trinajstić information content (AvgIpc) is 2.60. The Labute approximate surface area is 83.2 Å². The Balaban J connectivity index is 2.67. The number of thiophene rings is 1. The fourth-order valence-electron chi connectivity index (χ4n) is 1.51. The van der Waals surface area contributed by atoms with Crippen molar-refractivity contribution in [2.75, 3.05) is 0 Å². The molecule has 1 aromatic carbocycles. The number of imidazole rings is 1. The lowest BCUT2D eigenvalue weighted by molar-refractivity contribution is 1.30. The molecule has 0 aliphatic heterocycles. The number of benzene rings is 1. The normalized spacial score (nSPS) is 11.4. The summed E-state index contributed by atoms with van der Waals surface area (Å²) < 4.78 is 1.99. The van der Waals surface area contributed by atoms with Gasteiger partial charge in [-0.3, -0.25) is 0 Å². The first kappa shape index (κ1) is 7.29. The maximum atomic E-state index is 5.03. The van der Waals surface area contributed by atoms with E-state index in [-0.39, 0.29) is 0 Å². The molecule has 0 spiro atoms. The van der Waals surface area contributed by atoms with E-state index in [1.807, 2.05) is 12.1 Å². The molecule has 13 heavy (non-hydrogen) atoms. The molecular weight excluding hydrogens is 200 g/mol. The molecule has 0 aliphatic rings. The summed E-state index contributed by atoms with van der Waals surface area (Å²) >= 11 is 6.75. The van der Waals surface area contributed by atoms with Crippen LogP contribution >= 0.6 is 23.6 Å². The first-order valence-corrected chi connectivity index (χ1v) is 5.16. The van der Waals surface area contributed by atoms with Crippen molar-refractivity contribution >= 4 is 44.0 Å². The van der Waals surface area contributed by atoms with Crippen molar-refractivity contribution in [2.45, 2.75) is 0 Å². The van der Waals surface area contributed by atoms with Gasteiger partial charge in [0.2, 0.25) is 0 Å². The zero-order valence-electron chi connectivity index (χ0n) is 6.63. The molecule has 0 saturated carbocycles. The molecule has 0 unspecified atom stereocenters. The molecule has 0 amide bonds. The van der Waals surface area contributed by atoms with Gasteiger partial charge in [0, 0.05) is 10.1 Å². The smallest absolute Gasteiger partial charge is 0.176 e. The van der Waals surface area contributed by atoms with E-state index in [0.29, 0.717) is 4.77 Å². The van der Waals surface area contributed by atoms with Gasteiger partial charge in [-0.2, -0.15) is 0 Å². The topological polar surface area (TPSA) is 31.6 Å². The largest absolute Gasteiger partial charge is 0.330 e. The second-order valence-corrected chi connectivity index (χ2v) is 4.34. The minimum absolute atomic E-state index is 0.701. The summed E-state index contributed by atoms with van der Waals surface area (Å²) in [5.74, 6) is 0. The van der Waals surface area contributed by atoms with Gasteiger partial charge in [-0.1, -0.05) is 18.2 Å². The van der Waals surface area contributed by atoms with Gasteiger partial charge in [0.25, 0.3) is 0 Å². The van der Waals surface area contributed by atoms with Gasteiger partial charge in [0.05, 0.1) is 5.52 Å². The second kappa shape index (κ2) is 2.43. The molecule has 2 heterocycles. The van der Waals surface area contributed by atoms with Crippen molar-refractivity contribution in [3.05, 3.63) is 29.0 Å².